The molecule has 0 spiro atoms. The second-order valence-corrected chi connectivity index (χ2v) is 1.29. The summed E-state index contributed by atoms with van der Waals surface area (Å²) in [4.78, 5) is 13.9. The highest BCUT2D eigenvalue weighted by Gasteiger charge is 1.95. The maximum absolute atomic E-state index is 9.82. The number of carboxylic acid groups (broad SMARTS) is 1. The van der Waals surface area contributed by atoms with Gasteiger partial charge < -0.3 is 15.3 Å². The summed E-state index contributed by atoms with van der Waals surface area (Å²) in [6.45, 7) is 2.98. The predicted octanol–water partition coefficient (Wildman–Crippen LogP) is -0.978. The molecule has 0 radical (unpaired) electrons. The van der Waals surface area contributed by atoms with Gasteiger partial charge in [0.25, 0.3) is 0 Å². The van der Waals surface area contributed by atoms with Crippen molar-refractivity contribution < 1.29 is 14.7 Å². The second-order valence-electron chi connectivity index (χ2n) is 1.29. The fourth-order valence-electron chi connectivity index (χ4n) is 0.216. The van der Waals surface area contributed by atoms with Crippen molar-refractivity contribution in [2.45, 2.75) is 0 Å². The fourth-order valence-corrected chi connectivity index (χ4v) is 0.216. The minimum atomic E-state index is -0.992. The van der Waals surface area contributed by atoms with Gasteiger partial charge in [-0.15, -0.1) is 0 Å². The molecule has 0 amide bonds. The molecule has 52 valence electrons. The molecule has 0 atom stereocenters. The van der Waals surface area contributed by atoms with Crippen molar-refractivity contribution in [3.63, 3.8) is 0 Å². The number of carboxylic acids is 1. The Bertz CT molecular complexity index is 123. The van der Waals surface area contributed by atoms with Crippen molar-refractivity contribution in [3.8, 4) is 0 Å². The van der Waals surface area contributed by atoms with Gasteiger partial charge in [0.1, 0.15) is 6.54 Å². The van der Waals surface area contributed by atoms with E-state index < -0.39 is 5.97 Å². The molecule has 4 N–H and O–H groups in total. The Morgan fingerprint density at radius 2 is 2.44 bits per heavy atom. The smallest absolute Gasteiger partial charge is 0.322 e. The third kappa shape index (κ3) is 4.63. The summed E-state index contributed by atoms with van der Waals surface area (Å²) in [5, 5.41) is 10.3. The first-order chi connectivity index (χ1) is 4.16. The highest BCUT2D eigenvalue weighted by atomic mass is 16.6. The fraction of sp³-hybridized carbons (Fsp3) is 0.250. The van der Waals surface area contributed by atoms with Crippen LogP contribution in [0, 0.1) is 0 Å². The lowest BCUT2D eigenvalue weighted by Crippen LogP contribution is -2.24. The number of nitrogens with two attached hydrogens (primary N) is 1. The number of rotatable bonds is 4. The zero-order valence-corrected chi connectivity index (χ0v) is 4.76. The Labute approximate surface area is 52.1 Å². The highest BCUT2D eigenvalue weighted by molar-refractivity contribution is 5.69. The van der Waals surface area contributed by atoms with Crippen LogP contribution in [-0.4, -0.2) is 17.6 Å². The van der Waals surface area contributed by atoms with Crippen molar-refractivity contribution in [2.24, 2.45) is 5.90 Å². The number of nitrogens with one attached hydrogen (secondary N) is 1. The molecule has 5 heteroatoms. The maximum atomic E-state index is 9.82. The van der Waals surface area contributed by atoms with Gasteiger partial charge in [0.2, 0.25) is 5.88 Å². The molecule has 0 aromatic heterocycles. The van der Waals surface area contributed by atoms with Crippen molar-refractivity contribution in [2.75, 3.05) is 6.54 Å². The molecule has 5 nitrogen and oxygen atoms in total. The van der Waals surface area contributed by atoms with Crippen LogP contribution >= 0.6 is 0 Å². The van der Waals surface area contributed by atoms with Crippen molar-refractivity contribution in [3.05, 3.63) is 12.5 Å². The Hall–Kier alpha value is -1.23. The molecule has 0 aliphatic carbocycles. The number of aliphatic carboxylic acids is 1. The Balaban J connectivity index is 3.28. The first kappa shape index (κ1) is 7.77. The molecular weight excluding hydrogens is 124 g/mol. The molecule has 0 saturated carbocycles. The lowest BCUT2D eigenvalue weighted by Gasteiger charge is -2.01. The lowest BCUT2D eigenvalue weighted by atomic mass is 10.6. The molecular formula is C4H8N2O3. The maximum Gasteiger partial charge on any atom is 0.322 e. The van der Waals surface area contributed by atoms with E-state index in [9.17, 15) is 4.79 Å². The van der Waals surface area contributed by atoms with E-state index in [1.807, 2.05) is 0 Å². The van der Waals surface area contributed by atoms with Crippen molar-refractivity contribution in [1.29, 1.82) is 0 Å². The summed E-state index contributed by atoms with van der Waals surface area (Å²) in [5.41, 5.74) is 0. The van der Waals surface area contributed by atoms with E-state index in [0.29, 0.717) is 0 Å². The standard InChI is InChI=1S/C4H8N2O3/c1-3(9-5)6-2-4(7)8/h6H,1-2,5H2,(H,7,8). The number of carbonyl (C=O) groups is 1. The minimum Gasteiger partial charge on any atom is -0.480 e. The van der Waals surface area contributed by atoms with E-state index >= 15 is 0 Å². The summed E-state index contributed by atoms with van der Waals surface area (Å²) in [5.74, 6) is 3.65. The van der Waals surface area contributed by atoms with Gasteiger partial charge in [-0.3, -0.25) is 4.79 Å². The average Bonchev–Trinajstić information content (AvgIpc) is 1.83. The molecule has 0 aromatic rings. The van der Waals surface area contributed by atoms with Crippen LogP contribution in [0.5, 0.6) is 0 Å². The molecule has 9 heavy (non-hydrogen) atoms. The summed E-state index contributed by atoms with van der Waals surface area (Å²) in [6.07, 6.45) is 0. The topological polar surface area (TPSA) is 84.6 Å². The predicted molar refractivity (Wildman–Crippen MR) is 30.1 cm³/mol. The normalized spacial score (nSPS) is 8.11. The van der Waals surface area contributed by atoms with Gasteiger partial charge in [0.15, 0.2) is 0 Å². The first-order valence-corrected chi connectivity index (χ1v) is 2.18. The summed E-state index contributed by atoms with van der Waals surface area (Å²) in [6, 6.07) is 0. The van der Waals surface area contributed by atoms with Crippen LogP contribution in [0.3, 0.4) is 0 Å². The molecule has 0 unspecified atom stereocenters. The van der Waals surface area contributed by atoms with Crippen LogP contribution in [0.1, 0.15) is 0 Å². The van der Waals surface area contributed by atoms with Crippen LogP contribution in [0.15, 0.2) is 12.5 Å². The van der Waals surface area contributed by atoms with E-state index in [0.717, 1.165) is 0 Å². The van der Waals surface area contributed by atoms with Crippen molar-refractivity contribution >= 4 is 5.97 Å². The number of hydrogen-bond donors (Lipinski definition) is 3. The Morgan fingerprint density at radius 3 is 2.78 bits per heavy atom. The molecule has 0 aliphatic rings. The van der Waals surface area contributed by atoms with Gasteiger partial charge in [-0.25, -0.2) is 0 Å². The van der Waals surface area contributed by atoms with E-state index in [2.05, 4.69) is 22.6 Å². The highest BCUT2D eigenvalue weighted by Crippen LogP contribution is 1.76. The van der Waals surface area contributed by atoms with Crippen molar-refractivity contribution in [1.82, 2.24) is 5.32 Å². The van der Waals surface area contributed by atoms with Gasteiger partial charge in [0, 0.05) is 0 Å². The molecule has 0 aliphatic heterocycles. The Morgan fingerprint density at radius 1 is 1.89 bits per heavy atom. The van der Waals surface area contributed by atoms with Crippen LogP contribution in [-0.2, 0) is 9.63 Å². The molecule has 0 saturated heterocycles. The van der Waals surface area contributed by atoms with E-state index in [4.69, 9.17) is 5.11 Å². The van der Waals surface area contributed by atoms with E-state index in [1.165, 1.54) is 0 Å². The molecule has 0 fully saturated rings. The zero-order valence-electron chi connectivity index (χ0n) is 4.76. The zero-order chi connectivity index (χ0) is 7.28. The Kier molecular flexibility index (Phi) is 3.22. The minimum absolute atomic E-state index is 0.0393. The molecule has 0 heterocycles. The van der Waals surface area contributed by atoms with Crippen LogP contribution in [0.4, 0.5) is 0 Å². The van der Waals surface area contributed by atoms with Gasteiger partial charge in [-0.2, -0.15) is 5.90 Å². The first-order valence-electron chi connectivity index (χ1n) is 2.18. The second kappa shape index (κ2) is 3.73. The molecule has 0 rings (SSSR count). The van der Waals surface area contributed by atoms with Crippen LogP contribution in [0.25, 0.3) is 0 Å². The lowest BCUT2D eigenvalue weighted by molar-refractivity contribution is -0.136. The van der Waals surface area contributed by atoms with Gasteiger partial charge in [0.05, 0.1) is 0 Å². The third-order valence-electron chi connectivity index (χ3n) is 0.579. The van der Waals surface area contributed by atoms with Gasteiger partial charge >= 0.3 is 5.97 Å². The van der Waals surface area contributed by atoms with Gasteiger partial charge in [-0.1, -0.05) is 0 Å². The van der Waals surface area contributed by atoms with Gasteiger partial charge in [-0.05, 0) is 6.58 Å². The summed E-state index contributed by atoms with van der Waals surface area (Å²) >= 11 is 0. The van der Waals surface area contributed by atoms with E-state index in [1.54, 1.807) is 0 Å². The third-order valence-corrected chi connectivity index (χ3v) is 0.579. The monoisotopic (exact) mass is 132 g/mol. The average molecular weight is 132 g/mol. The molecule has 0 aromatic carbocycles. The number of hydrogen-bond acceptors (Lipinski definition) is 4. The van der Waals surface area contributed by atoms with E-state index in [-0.39, 0.29) is 12.4 Å². The largest absolute Gasteiger partial charge is 0.480 e. The summed E-state index contributed by atoms with van der Waals surface area (Å²) < 4.78 is 0. The van der Waals surface area contributed by atoms with Crippen LogP contribution < -0.4 is 11.2 Å². The quantitative estimate of drug-likeness (QED) is 0.338. The summed E-state index contributed by atoms with van der Waals surface area (Å²) in [7, 11) is 0. The SMILES string of the molecule is C=C(NCC(=O)O)ON. The van der Waals surface area contributed by atoms with Crippen LogP contribution in [0.2, 0.25) is 0 Å². The molecule has 0 bridgehead atoms.